The molecule has 0 saturated heterocycles. The second-order valence-corrected chi connectivity index (χ2v) is 14.0. The first kappa shape index (κ1) is 33.1. The zero-order valence-corrected chi connectivity index (χ0v) is 30.5. The Kier molecular flexibility index (Phi) is 8.51. The topological polar surface area (TPSA) is 38.7 Å². The van der Waals surface area contributed by atoms with Crippen LogP contribution in [0.3, 0.4) is 0 Å². The van der Waals surface area contributed by atoms with Gasteiger partial charge in [0.05, 0.1) is 22.6 Å². The number of hydrogen-bond donors (Lipinski definition) is 0. The number of pyridine rings is 1. The van der Waals surface area contributed by atoms with Gasteiger partial charge in [0, 0.05) is 27.6 Å². The van der Waals surface area contributed by atoms with Gasteiger partial charge in [-0.15, -0.1) is 0 Å². The molecule has 0 spiro atoms. The summed E-state index contributed by atoms with van der Waals surface area (Å²) in [6, 6.07) is 74.5. The van der Waals surface area contributed by atoms with Gasteiger partial charge in [-0.1, -0.05) is 188 Å². The summed E-state index contributed by atoms with van der Waals surface area (Å²) >= 11 is 0. The fourth-order valence-corrected chi connectivity index (χ4v) is 7.71. The summed E-state index contributed by atoms with van der Waals surface area (Å²) in [4.78, 5) is 15.3. The van der Waals surface area contributed by atoms with Crippen molar-refractivity contribution in [1.82, 2.24) is 15.0 Å². The van der Waals surface area contributed by atoms with E-state index in [0.717, 1.165) is 72.5 Å². The maximum atomic E-state index is 5.33. The van der Waals surface area contributed by atoms with Crippen LogP contribution < -0.4 is 0 Å². The van der Waals surface area contributed by atoms with Gasteiger partial charge in [0.1, 0.15) is 0 Å². The second kappa shape index (κ2) is 14.4. The van der Waals surface area contributed by atoms with Crippen molar-refractivity contribution in [2.75, 3.05) is 0 Å². The number of fused-ring (bicyclic) bond motifs is 3. The van der Waals surface area contributed by atoms with Crippen LogP contribution in [0.4, 0.5) is 0 Å². The van der Waals surface area contributed by atoms with Gasteiger partial charge in [-0.2, -0.15) is 0 Å². The van der Waals surface area contributed by atoms with E-state index < -0.39 is 0 Å². The lowest BCUT2D eigenvalue weighted by Crippen LogP contribution is -1.95. The summed E-state index contributed by atoms with van der Waals surface area (Å²) in [7, 11) is 0. The molecule has 3 heteroatoms. The Bertz CT molecular complexity index is 2920. The van der Waals surface area contributed by atoms with Crippen molar-refractivity contribution >= 4 is 21.7 Å². The molecule has 0 N–H and O–H groups in total. The van der Waals surface area contributed by atoms with Crippen LogP contribution in [-0.2, 0) is 0 Å². The van der Waals surface area contributed by atoms with Crippen LogP contribution in [0.25, 0.3) is 100 Å². The molecule has 8 aromatic carbocycles. The first-order valence-electron chi connectivity index (χ1n) is 18.9. The van der Waals surface area contributed by atoms with Gasteiger partial charge in [0.2, 0.25) is 0 Å². The molecule has 2 aromatic heterocycles. The third-order valence-electron chi connectivity index (χ3n) is 10.5. The molecule has 0 radical (unpaired) electrons. The average Bonchev–Trinajstić information content (AvgIpc) is 3.29. The van der Waals surface area contributed by atoms with Crippen LogP contribution in [-0.4, -0.2) is 15.0 Å². The summed E-state index contributed by atoms with van der Waals surface area (Å²) in [5.74, 6) is 0.711. The van der Waals surface area contributed by atoms with Crippen molar-refractivity contribution in [1.29, 1.82) is 0 Å². The van der Waals surface area contributed by atoms with Gasteiger partial charge in [-0.05, 0) is 68.4 Å². The Morgan fingerprint density at radius 3 is 1.34 bits per heavy atom. The average molecular weight is 714 g/mol. The van der Waals surface area contributed by atoms with E-state index in [1.807, 2.05) is 42.5 Å². The molecule has 0 aliphatic heterocycles. The van der Waals surface area contributed by atoms with Crippen LogP contribution in [0.2, 0.25) is 0 Å². The van der Waals surface area contributed by atoms with Crippen LogP contribution in [0.5, 0.6) is 0 Å². The van der Waals surface area contributed by atoms with Crippen molar-refractivity contribution in [2.24, 2.45) is 0 Å². The Labute approximate surface area is 326 Å². The minimum Gasteiger partial charge on any atom is -0.248 e. The van der Waals surface area contributed by atoms with E-state index in [4.69, 9.17) is 15.0 Å². The summed E-state index contributed by atoms with van der Waals surface area (Å²) in [5, 5.41) is 3.55. The molecule has 0 saturated carbocycles. The lowest BCUT2D eigenvalue weighted by atomic mass is 9.89. The molecule has 0 fully saturated rings. The van der Waals surface area contributed by atoms with Gasteiger partial charge in [-0.25, -0.2) is 15.0 Å². The van der Waals surface area contributed by atoms with Crippen LogP contribution in [0.15, 0.2) is 212 Å². The molecule has 0 unspecified atom stereocenters. The number of hydrogen-bond acceptors (Lipinski definition) is 3. The lowest BCUT2D eigenvalue weighted by Gasteiger charge is -2.16. The van der Waals surface area contributed by atoms with E-state index in [1.165, 1.54) is 21.9 Å². The number of nitrogens with zero attached hydrogens (tertiary/aromatic N) is 3. The van der Waals surface area contributed by atoms with Gasteiger partial charge in [0.15, 0.2) is 5.82 Å². The molecule has 2 heterocycles. The SMILES string of the molecule is c1ccc(-c2cc(-c3ccc(-c4cccc(-c5cc6nc(-c7ccccc7)cc(-c7ccccc7)c6c6ccccc56)c4)cc3)nc(-c3ccccc3)n2)cc1. The maximum Gasteiger partial charge on any atom is 0.160 e. The van der Waals surface area contributed by atoms with Crippen molar-refractivity contribution in [3.05, 3.63) is 212 Å². The zero-order chi connectivity index (χ0) is 37.3. The molecule has 262 valence electrons. The molecule has 10 rings (SSSR count). The molecule has 0 aliphatic rings. The normalized spacial score (nSPS) is 11.2. The van der Waals surface area contributed by atoms with Gasteiger partial charge in [-0.3, -0.25) is 0 Å². The molecule has 56 heavy (non-hydrogen) atoms. The highest BCUT2D eigenvalue weighted by Crippen LogP contribution is 2.41. The summed E-state index contributed by atoms with van der Waals surface area (Å²) in [6.07, 6.45) is 0. The number of rotatable bonds is 7. The van der Waals surface area contributed by atoms with E-state index in [9.17, 15) is 0 Å². The molecule has 3 nitrogen and oxygen atoms in total. The maximum absolute atomic E-state index is 5.33. The fraction of sp³-hybridized carbons (Fsp3) is 0. The molecule has 0 atom stereocenters. The largest absolute Gasteiger partial charge is 0.248 e. The molecular weight excluding hydrogens is 679 g/mol. The van der Waals surface area contributed by atoms with Crippen molar-refractivity contribution in [2.45, 2.75) is 0 Å². The second-order valence-electron chi connectivity index (χ2n) is 14.0. The van der Waals surface area contributed by atoms with Gasteiger partial charge in [0.25, 0.3) is 0 Å². The number of aromatic nitrogens is 3. The Balaban J connectivity index is 1.07. The zero-order valence-electron chi connectivity index (χ0n) is 30.5. The van der Waals surface area contributed by atoms with E-state index >= 15 is 0 Å². The van der Waals surface area contributed by atoms with Gasteiger partial charge < -0.3 is 0 Å². The highest BCUT2D eigenvalue weighted by molar-refractivity contribution is 6.18. The molecule has 10 aromatic rings. The monoisotopic (exact) mass is 713 g/mol. The molecule has 0 aliphatic carbocycles. The lowest BCUT2D eigenvalue weighted by molar-refractivity contribution is 1.18. The summed E-state index contributed by atoms with van der Waals surface area (Å²) < 4.78 is 0. The first-order chi connectivity index (χ1) is 27.7. The van der Waals surface area contributed by atoms with E-state index in [1.54, 1.807) is 0 Å². The Morgan fingerprint density at radius 2 is 0.714 bits per heavy atom. The predicted molar refractivity (Wildman–Crippen MR) is 233 cm³/mol. The van der Waals surface area contributed by atoms with E-state index in [2.05, 4.69) is 170 Å². The summed E-state index contributed by atoms with van der Waals surface area (Å²) in [6.45, 7) is 0. The van der Waals surface area contributed by atoms with Crippen LogP contribution >= 0.6 is 0 Å². The van der Waals surface area contributed by atoms with Gasteiger partial charge >= 0.3 is 0 Å². The third kappa shape index (κ3) is 6.31. The quantitative estimate of drug-likeness (QED) is 0.154. The van der Waals surface area contributed by atoms with Crippen molar-refractivity contribution in [3.8, 4) is 78.5 Å². The minimum absolute atomic E-state index is 0.711. The Morgan fingerprint density at radius 1 is 0.250 bits per heavy atom. The highest BCUT2D eigenvalue weighted by atomic mass is 14.9. The Hall–Kier alpha value is -7.49. The van der Waals surface area contributed by atoms with Crippen LogP contribution in [0.1, 0.15) is 0 Å². The van der Waals surface area contributed by atoms with E-state index in [0.29, 0.717) is 5.82 Å². The molecule has 0 amide bonds. The first-order valence-corrected chi connectivity index (χ1v) is 18.9. The molecular formula is C53H35N3. The minimum atomic E-state index is 0.711. The van der Waals surface area contributed by atoms with E-state index in [-0.39, 0.29) is 0 Å². The van der Waals surface area contributed by atoms with Crippen molar-refractivity contribution < 1.29 is 0 Å². The standard InChI is InChI=1S/C53H35N3/c1-5-16-37(17-6-1)47-34-48(38-18-7-2-8-19-38)54-51-33-46(44-26-13-14-27-45(44)52(47)51)43-25-15-24-42(32-43)36-28-30-40(31-29-36)50-35-49(39-20-9-3-10-21-39)55-53(56-50)41-22-11-4-12-23-41/h1-35H. The van der Waals surface area contributed by atoms with Crippen LogP contribution in [0, 0.1) is 0 Å². The fourth-order valence-electron chi connectivity index (χ4n) is 7.71. The van der Waals surface area contributed by atoms with Crippen molar-refractivity contribution in [3.63, 3.8) is 0 Å². The third-order valence-corrected chi connectivity index (χ3v) is 10.5. The number of benzene rings is 8. The predicted octanol–water partition coefficient (Wildman–Crippen LogP) is 13.8. The summed E-state index contributed by atoms with van der Waals surface area (Å²) in [5.41, 5.74) is 14.9. The highest BCUT2D eigenvalue weighted by Gasteiger charge is 2.17. The molecule has 0 bridgehead atoms. The smallest absolute Gasteiger partial charge is 0.160 e.